The number of rotatable bonds is 3. The van der Waals surface area contributed by atoms with Gasteiger partial charge in [0.15, 0.2) is 0 Å². The van der Waals surface area contributed by atoms with E-state index in [1.165, 1.54) is 27.9 Å². The van der Waals surface area contributed by atoms with Gasteiger partial charge in [-0.25, -0.2) is 4.98 Å². The van der Waals surface area contributed by atoms with Crippen LogP contribution < -0.4 is 0 Å². The fourth-order valence-corrected chi connectivity index (χ4v) is 3.94. The van der Waals surface area contributed by atoms with Crippen LogP contribution in [0.1, 0.15) is 31.9 Å². The smallest absolute Gasteiger partial charge is 0.143 e. The Morgan fingerprint density at radius 2 is 1.66 bits per heavy atom. The van der Waals surface area contributed by atoms with Gasteiger partial charge in [0.05, 0.1) is 11.4 Å². The second kappa shape index (κ2) is 8.44. The summed E-state index contributed by atoms with van der Waals surface area (Å²) in [5, 5.41) is 0. The molecule has 0 spiro atoms. The van der Waals surface area contributed by atoms with Crippen molar-refractivity contribution < 1.29 is 0 Å². The maximum atomic E-state index is 5.12. The normalized spacial score (nSPS) is 11.8. The van der Waals surface area contributed by atoms with Gasteiger partial charge in [-0.2, -0.15) is 0 Å². The summed E-state index contributed by atoms with van der Waals surface area (Å²) in [4.78, 5) is 9.47. The minimum absolute atomic E-state index is 0.941. The van der Waals surface area contributed by atoms with Crippen LogP contribution >= 0.6 is 0 Å². The molecule has 1 aliphatic rings. The minimum atomic E-state index is 0.941. The van der Waals surface area contributed by atoms with Crippen molar-refractivity contribution in [3.05, 3.63) is 84.2 Å². The van der Waals surface area contributed by atoms with Gasteiger partial charge >= 0.3 is 0 Å². The van der Waals surface area contributed by atoms with Crippen LogP contribution in [0.4, 0.5) is 0 Å². The molecule has 2 aromatic carbocycles. The number of hydrogen-bond donors (Lipinski definition) is 0. The lowest BCUT2D eigenvalue weighted by atomic mass is 10.0. The number of aryl methyl sites for hydroxylation is 2. The zero-order valence-corrected chi connectivity index (χ0v) is 17.4. The van der Waals surface area contributed by atoms with E-state index >= 15 is 0 Å². The van der Waals surface area contributed by atoms with Crippen LogP contribution in [0.25, 0.3) is 33.9 Å². The lowest BCUT2D eigenvalue weighted by Crippen LogP contribution is -2.12. The van der Waals surface area contributed by atoms with E-state index in [9.17, 15) is 0 Å². The van der Waals surface area contributed by atoms with E-state index in [2.05, 4.69) is 77.1 Å². The predicted molar refractivity (Wildman–Crippen MR) is 121 cm³/mol. The van der Waals surface area contributed by atoms with Crippen molar-refractivity contribution in [3.63, 3.8) is 0 Å². The third kappa shape index (κ3) is 3.49. The van der Waals surface area contributed by atoms with Crippen LogP contribution in [0.5, 0.6) is 0 Å². The molecule has 3 nitrogen and oxygen atoms in total. The second-order valence-electron chi connectivity index (χ2n) is 6.98. The summed E-state index contributed by atoms with van der Waals surface area (Å²) in [7, 11) is 0. The van der Waals surface area contributed by atoms with Gasteiger partial charge in [-0.1, -0.05) is 75.4 Å². The van der Waals surface area contributed by atoms with Crippen molar-refractivity contribution in [2.24, 2.45) is 0 Å². The first kappa shape index (κ1) is 19.1. The lowest BCUT2D eigenvalue weighted by Gasteiger charge is -2.19. The topological polar surface area (TPSA) is 30.7 Å². The summed E-state index contributed by atoms with van der Waals surface area (Å²) in [6.45, 7) is 7.13. The molecular formula is C26H27N3. The third-order valence-corrected chi connectivity index (χ3v) is 5.41. The fourth-order valence-electron chi connectivity index (χ4n) is 3.94. The Hall–Kier alpha value is -3.20. The number of nitrogens with zero attached hydrogens (tertiary/aromatic N) is 3. The van der Waals surface area contributed by atoms with E-state index in [1.807, 2.05) is 26.2 Å². The molecule has 0 saturated carbocycles. The zero-order chi connectivity index (χ0) is 20.2. The fraction of sp³-hybridized carbons (Fsp3) is 0.231. The average molecular weight is 382 g/mol. The molecule has 2 aromatic heterocycles. The SMILES string of the molecule is CC.CCc1ccc(-c2nc3n(c2-c2ccccc2)CCc2ccncc2-3)cc1. The molecule has 0 radical (unpaired) electrons. The number of benzene rings is 2. The highest BCUT2D eigenvalue weighted by molar-refractivity contribution is 5.83. The zero-order valence-electron chi connectivity index (χ0n) is 17.4. The molecule has 3 heteroatoms. The maximum absolute atomic E-state index is 5.12. The van der Waals surface area contributed by atoms with Crippen LogP contribution in [-0.4, -0.2) is 14.5 Å². The van der Waals surface area contributed by atoms with Crippen molar-refractivity contribution in [2.45, 2.75) is 40.2 Å². The van der Waals surface area contributed by atoms with Crippen LogP contribution in [0.3, 0.4) is 0 Å². The average Bonchev–Trinajstić information content (AvgIpc) is 3.21. The Bertz CT molecular complexity index is 1090. The van der Waals surface area contributed by atoms with Crippen molar-refractivity contribution in [1.29, 1.82) is 0 Å². The number of aromatic nitrogens is 3. The first-order valence-electron chi connectivity index (χ1n) is 10.5. The second-order valence-corrected chi connectivity index (χ2v) is 6.98. The first-order valence-corrected chi connectivity index (χ1v) is 10.5. The Morgan fingerprint density at radius 3 is 2.38 bits per heavy atom. The number of pyridine rings is 1. The highest BCUT2D eigenvalue weighted by Gasteiger charge is 2.25. The van der Waals surface area contributed by atoms with Gasteiger partial charge in [0.25, 0.3) is 0 Å². The van der Waals surface area contributed by atoms with Gasteiger partial charge in [0.2, 0.25) is 0 Å². The molecule has 0 fully saturated rings. The molecule has 4 aromatic rings. The molecule has 5 rings (SSSR count). The van der Waals surface area contributed by atoms with Crippen LogP contribution in [0.2, 0.25) is 0 Å². The molecule has 0 unspecified atom stereocenters. The lowest BCUT2D eigenvalue weighted by molar-refractivity contribution is 0.688. The van der Waals surface area contributed by atoms with Crippen molar-refractivity contribution in [2.75, 3.05) is 0 Å². The minimum Gasteiger partial charge on any atom is -0.323 e. The molecule has 146 valence electrons. The number of imidazole rings is 1. The van der Waals surface area contributed by atoms with E-state index < -0.39 is 0 Å². The molecule has 0 saturated heterocycles. The largest absolute Gasteiger partial charge is 0.323 e. The third-order valence-electron chi connectivity index (χ3n) is 5.41. The summed E-state index contributed by atoms with van der Waals surface area (Å²) in [5.41, 5.74) is 8.45. The van der Waals surface area contributed by atoms with E-state index in [4.69, 9.17) is 4.98 Å². The summed E-state index contributed by atoms with van der Waals surface area (Å²) in [5.74, 6) is 1.03. The summed E-state index contributed by atoms with van der Waals surface area (Å²) < 4.78 is 2.36. The van der Waals surface area contributed by atoms with Crippen molar-refractivity contribution in [1.82, 2.24) is 14.5 Å². The molecule has 29 heavy (non-hydrogen) atoms. The molecule has 3 heterocycles. The van der Waals surface area contributed by atoms with E-state index in [0.717, 1.165) is 36.5 Å². The molecule has 0 aliphatic carbocycles. The maximum Gasteiger partial charge on any atom is 0.143 e. The van der Waals surface area contributed by atoms with Crippen LogP contribution in [-0.2, 0) is 19.4 Å². The molecule has 0 amide bonds. The van der Waals surface area contributed by atoms with Crippen LogP contribution in [0.15, 0.2) is 73.1 Å². The summed E-state index contributed by atoms with van der Waals surface area (Å²) in [6.07, 6.45) is 5.88. The predicted octanol–water partition coefficient (Wildman–Crippen LogP) is 6.42. The van der Waals surface area contributed by atoms with Gasteiger partial charge in [-0.15, -0.1) is 0 Å². The van der Waals surface area contributed by atoms with E-state index in [-0.39, 0.29) is 0 Å². The Balaban J connectivity index is 0.000000994. The molecule has 0 atom stereocenters. The van der Waals surface area contributed by atoms with E-state index in [1.54, 1.807) is 0 Å². The van der Waals surface area contributed by atoms with Crippen molar-refractivity contribution >= 4 is 0 Å². The molecule has 0 bridgehead atoms. The van der Waals surface area contributed by atoms with Crippen molar-refractivity contribution in [3.8, 4) is 33.9 Å². The Morgan fingerprint density at radius 1 is 0.897 bits per heavy atom. The highest BCUT2D eigenvalue weighted by atomic mass is 15.1. The van der Waals surface area contributed by atoms with Gasteiger partial charge in [-0.05, 0) is 30.0 Å². The molecular weight excluding hydrogens is 354 g/mol. The number of hydrogen-bond acceptors (Lipinski definition) is 2. The van der Waals surface area contributed by atoms with Gasteiger partial charge < -0.3 is 4.57 Å². The van der Waals surface area contributed by atoms with Gasteiger partial charge in [-0.3, -0.25) is 4.98 Å². The first-order chi connectivity index (χ1) is 14.3. The summed E-state index contributed by atoms with van der Waals surface area (Å²) in [6, 6.07) is 21.5. The molecule has 1 aliphatic heterocycles. The molecule has 0 N–H and O–H groups in total. The van der Waals surface area contributed by atoms with Gasteiger partial charge in [0, 0.05) is 35.6 Å². The quantitative estimate of drug-likeness (QED) is 0.410. The Kier molecular flexibility index (Phi) is 5.57. The standard InChI is InChI=1S/C24H21N3.C2H6/c1-2-17-8-10-19(11-9-17)22-23(20-6-4-3-5-7-20)27-15-13-18-12-14-25-16-21(18)24(27)26-22;1-2/h3-12,14,16H,2,13,15H2,1H3;1-2H3. The summed E-state index contributed by atoms with van der Waals surface area (Å²) >= 11 is 0. The number of fused-ring (bicyclic) bond motifs is 3. The van der Waals surface area contributed by atoms with Crippen LogP contribution in [0, 0.1) is 0 Å². The Labute approximate surface area is 173 Å². The monoisotopic (exact) mass is 381 g/mol. The highest BCUT2D eigenvalue weighted by Crippen LogP contribution is 2.39. The van der Waals surface area contributed by atoms with E-state index in [0.29, 0.717) is 0 Å². The van der Waals surface area contributed by atoms with Gasteiger partial charge in [0.1, 0.15) is 5.82 Å².